The van der Waals surface area contributed by atoms with Gasteiger partial charge in [0.15, 0.2) is 17.2 Å². The highest BCUT2D eigenvalue weighted by Gasteiger charge is 2.35. The minimum atomic E-state index is 0.0215. The lowest BCUT2D eigenvalue weighted by Crippen LogP contribution is -2.30. The maximum absolute atomic E-state index is 5.43. The Morgan fingerprint density at radius 1 is 1.00 bits per heavy atom. The van der Waals surface area contributed by atoms with Gasteiger partial charge in [0.2, 0.25) is 11.6 Å². The molecule has 0 saturated carbocycles. The number of aromatic nitrogens is 2. The maximum Gasteiger partial charge on any atom is 0.244 e. The van der Waals surface area contributed by atoms with Gasteiger partial charge in [-0.15, -0.1) is 0 Å². The fourth-order valence-electron chi connectivity index (χ4n) is 3.89. The first-order chi connectivity index (χ1) is 15.9. The number of hydrazone groups is 1. The number of ether oxygens (including phenoxy) is 4. The van der Waals surface area contributed by atoms with Crippen LogP contribution in [0, 0.1) is 5.41 Å². The van der Waals surface area contributed by atoms with Gasteiger partial charge in [-0.05, 0) is 30.4 Å². The van der Waals surface area contributed by atoms with Crippen molar-refractivity contribution < 1.29 is 18.9 Å². The molecule has 0 fully saturated rings. The molecule has 0 spiro atoms. The molecule has 1 aliphatic carbocycles. The van der Waals surface area contributed by atoms with E-state index in [1.165, 1.54) is 6.33 Å². The minimum absolute atomic E-state index is 0.0215. The van der Waals surface area contributed by atoms with Crippen molar-refractivity contribution in [2.45, 2.75) is 31.7 Å². The van der Waals surface area contributed by atoms with Crippen molar-refractivity contribution in [2.75, 3.05) is 28.4 Å². The largest absolute Gasteiger partial charge is 0.493 e. The van der Waals surface area contributed by atoms with Crippen LogP contribution in [0.4, 0.5) is 5.69 Å². The molecule has 1 aromatic heterocycles. The van der Waals surface area contributed by atoms with E-state index >= 15 is 0 Å². The number of rotatable bonds is 7. The predicted octanol–water partition coefficient (Wildman–Crippen LogP) is 4.34. The summed E-state index contributed by atoms with van der Waals surface area (Å²) in [7, 11) is 6.34. The van der Waals surface area contributed by atoms with Gasteiger partial charge in [-0.2, -0.15) is 10.1 Å². The first-order valence-electron chi connectivity index (χ1n) is 10.4. The van der Waals surface area contributed by atoms with Gasteiger partial charge in [0.1, 0.15) is 11.4 Å². The fourth-order valence-corrected chi connectivity index (χ4v) is 4.89. The van der Waals surface area contributed by atoms with Crippen LogP contribution in [-0.2, 0) is 0 Å². The highest BCUT2D eigenvalue weighted by Crippen LogP contribution is 2.49. The molecule has 0 unspecified atom stereocenters. The number of hydrogen-bond acceptors (Lipinski definition) is 10. The number of benzene rings is 1. The molecule has 33 heavy (non-hydrogen) atoms. The molecular formula is C23H27N5O4S. The van der Waals surface area contributed by atoms with Crippen molar-refractivity contribution in [2.24, 2.45) is 15.5 Å². The molecule has 9 nitrogen and oxygen atoms in total. The molecule has 2 aromatic rings. The van der Waals surface area contributed by atoms with Gasteiger partial charge in [-0.25, -0.2) is 9.98 Å². The van der Waals surface area contributed by atoms with E-state index in [0.29, 0.717) is 28.8 Å². The molecule has 174 valence electrons. The molecule has 0 amide bonds. The van der Waals surface area contributed by atoms with E-state index in [0.717, 1.165) is 39.7 Å². The maximum atomic E-state index is 5.43. The average molecular weight is 470 g/mol. The van der Waals surface area contributed by atoms with E-state index in [-0.39, 0.29) is 5.41 Å². The Hall–Kier alpha value is -3.27. The summed E-state index contributed by atoms with van der Waals surface area (Å²) in [6.45, 7) is 4.44. The second-order valence-electron chi connectivity index (χ2n) is 8.35. The smallest absolute Gasteiger partial charge is 0.244 e. The Morgan fingerprint density at radius 2 is 1.73 bits per heavy atom. The van der Waals surface area contributed by atoms with Crippen molar-refractivity contribution in [3.63, 3.8) is 0 Å². The van der Waals surface area contributed by atoms with Crippen molar-refractivity contribution in [1.29, 1.82) is 0 Å². The molecule has 0 radical (unpaired) electrons. The third-order valence-electron chi connectivity index (χ3n) is 5.33. The van der Waals surface area contributed by atoms with E-state index in [4.69, 9.17) is 23.9 Å². The van der Waals surface area contributed by atoms with Gasteiger partial charge >= 0.3 is 0 Å². The van der Waals surface area contributed by atoms with Gasteiger partial charge in [0.05, 0.1) is 45.3 Å². The highest BCUT2D eigenvalue weighted by molar-refractivity contribution is 8.04. The quantitative estimate of drug-likeness (QED) is 0.363. The first kappa shape index (κ1) is 22.9. The standard InChI is InChI=1S/C23H27N5O4S/c1-23(2)9-14-20(33-22-18(27-14)21(32-6)24-12-25-22)15(10-23)28-26-11-13-7-16(29-3)19(31-5)17(8-13)30-4/h7-8,11-12,28H,9-10H2,1-6H3/b26-11-. The summed E-state index contributed by atoms with van der Waals surface area (Å²) in [6, 6.07) is 3.69. The number of fused-ring (bicyclic) bond motifs is 2. The summed E-state index contributed by atoms with van der Waals surface area (Å²) in [5.41, 5.74) is 6.75. The number of methoxy groups -OCH3 is 4. The van der Waals surface area contributed by atoms with Crippen LogP contribution >= 0.6 is 11.8 Å². The van der Waals surface area contributed by atoms with Gasteiger partial charge in [0, 0.05) is 11.3 Å². The Balaban J connectivity index is 1.65. The van der Waals surface area contributed by atoms with Crippen LogP contribution in [0.2, 0.25) is 0 Å². The SMILES string of the molecule is COc1cc(/C=N\NC2=C3Sc4ncnc(OC)c4N=C3CC(C)(C)C2)cc(OC)c1OC. The predicted molar refractivity (Wildman–Crippen MR) is 128 cm³/mol. The van der Waals surface area contributed by atoms with E-state index in [9.17, 15) is 0 Å². The molecule has 4 rings (SSSR count). The highest BCUT2D eigenvalue weighted by atomic mass is 32.2. The molecule has 2 heterocycles. The van der Waals surface area contributed by atoms with Crippen LogP contribution in [0.5, 0.6) is 23.1 Å². The number of hydrogen-bond donors (Lipinski definition) is 1. The fraction of sp³-hybridized carbons (Fsp3) is 0.391. The summed E-state index contributed by atoms with van der Waals surface area (Å²) in [6.07, 6.45) is 4.89. The van der Waals surface area contributed by atoms with Gasteiger partial charge < -0.3 is 18.9 Å². The molecule has 1 aromatic carbocycles. The second kappa shape index (κ2) is 9.30. The lowest BCUT2D eigenvalue weighted by atomic mass is 9.78. The number of aliphatic imine (C=N–C) groups is 1. The van der Waals surface area contributed by atoms with Gasteiger partial charge in [-0.1, -0.05) is 25.6 Å². The van der Waals surface area contributed by atoms with Crippen LogP contribution in [0.25, 0.3) is 0 Å². The summed E-state index contributed by atoms with van der Waals surface area (Å²) in [5, 5.41) is 5.28. The molecule has 1 aliphatic heterocycles. The van der Waals surface area contributed by atoms with Gasteiger partial charge in [0.25, 0.3) is 0 Å². The summed E-state index contributed by atoms with van der Waals surface area (Å²) < 4.78 is 21.6. The molecular weight excluding hydrogens is 442 g/mol. The molecule has 1 N–H and O–H groups in total. The van der Waals surface area contributed by atoms with Crippen LogP contribution in [-0.4, -0.2) is 50.3 Å². The normalized spacial score (nSPS) is 16.6. The Bertz CT molecular complexity index is 1130. The lowest BCUT2D eigenvalue weighted by Gasteiger charge is -2.35. The first-order valence-corrected chi connectivity index (χ1v) is 11.2. The Kier molecular flexibility index (Phi) is 6.46. The average Bonchev–Trinajstić information content (AvgIpc) is 2.81. The van der Waals surface area contributed by atoms with E-state index in [1.54, 1.807) is 46.4 Å². The minimum Gasteiger partial charge on any atom is -0.493 e. The monoisotopic (exact) mass is 469 g/mol. The van der Waals surface area contributed by atoms with E-state index in [1.807, 2.05) is 12.1 Å². The number of allylic oxidation sites excluding steroid dienone is 2. The molecule has 10 heteroatoms. The summed E-state index contributed by atoms with van der Waals surface area (Å²) in [5.74, 6) is 2.17. The molecule has 0 saturated heterocycles. The number of nitrogens with one attached hydrogen (secondary N) is 1. The molecule has 0 atom stereocenters. The summed E-state index contributed by atoms with van der Waals surface area (Å²) in [4.78, 5) is 14.5. The zero-order valence-electron chi connectivity index (χ0n) is 19.6. The zero-order valence-corrected chi connectivity index (χ0v) is 20.4. The van der Waals surface area contributed by atoms with Crippen molar-refractivity contribution in [3.05, 3.63) is 34.6 Å². The van der Waals surface area contributed by atoms with Crippen molar-refractivity contribution >= 4 is 29.4 Å². The third-order valence-corrected chi connectivity index (χ3v) is 6.51. The van der Waals surface area contributed by atoms with Crippen LogP contribution in [0.1, 0.15) is 32.3 Å². The van der Waals surface area contributed by atoms with E-state index in [2.05, 4.69) is 34.3 Å². The van der Waals surface area contributed by atoms with Gasteiger partial charge in [-0.3, -0.25) is 5.43 Å². The summed E-state index contributed by atoms with van der Waals surface area (Å²) >= 11 is 1.57. The topological polar surface area (TPSA) is 99.5 Å². The van der Waals surface area contributed by atoms with Crippen LogP contribution in [0.3, 0.4) is 0 Å². The molecule has 0 bridgehead atoms. The number of nitrogens with zero attached hydrogens (tertiary/aromatic N) is 4. The number of thioether (sulfide) groups is 1. The third kappa shape index (κ3) is 4.61. The second-order valence-corrected chi connectivity index (χ2v) is 9.35. The van der Waals surface area contributed by atoms with Crippen molar-refractivity contribution in [1.82, 2.24) is 15.4 Å². The Labute approximate surface area is 197 Å². The Morgan fingerprint density at radius 3 is 2.36 bits per heavy atom. The van der Waals surface area contributed by atoms with Crippen molar-refractivity contribution in [3.8, 4) is 23.1 Å². The molecule has 2 aliphatic rings. The van der Waals surface area contributed by atoms with Crippen LogP contribution < -0.4 is 24.4 Å². The zero-order chi connectivity index (χ0) is 23.6. The lowest BCUT2D eigenvalue weighted by molar-refractivity contribution is 0.324. The van der Waals surface area contributed by atoms with E-state index < -0.39 is 0 Å². The van der Waals surface area contributed by atoms with Crippen LogP contribution in [0.15, 0.2) is 44.2 Å².